The van der Waals surface area contributed by atoms with Crippen LogP contribution in [0.25, 0.3) is 16.7 Å². The van der Waals surface area contributed by atoms with Gasteiger partial charge in [0.25, 0.3) is 11.8 Å². The molecule has 0 spiro atoms. The molecule has 1 fully saturated rings. The molecule has 0 saturated carbocycles. The third kappa shape index (κ3) is 3.72. The minimum atomic E-state index is -0.665. The van der Waals surface area contributed by atoms with Gasteiger partial charge in [0.05, 0.1) is 16.8 Å². The van der Waals surface area contributed by atoms with E-state index < -0.39 is 11.4 Å². The molecule has 2 aromatic heterocycles. The first-order valence-corrected chi connectivity index (χ1v) is 11.0. The number of carbonyl (C=O) groups is 2. The molecule has 34 heavy (non-hydrogen) atoms. The van der Waals surface area contributed by atoms with E-state index in [1.54, 1.807) is 21.4 Å². The Morgan fingerprint density at radius 2 is 1.82 bits per heavy atom. The molecule has 3 heterocycles. The fourth-order valence-electron chi connectivity index (χ4n) is 4.51. The molecule has 8 nitrogen and oxygen atoms in total. The number of hydrogen-bond acceptors (Lipinski definition) is 5. The van der Waals surface area contributed by atoms with Gasteiger partial charge in [0.15, 0.2) is 0 Å². The van der Waals surface area contributed by atoms with Crippen LogP contribution in [0, 0.1) is 12.7 Å². The number of hydrogen-bond donors (Lipinski definition) is 0. The van der Waals surface area contributed by atoms with Crippen LogP contribution in [0.1, 0.15) is 40.6 Å². The van der Waals surface area contributed by atoms with E-state index in [0.29, 0.717) is 41.9 Å². The van der Waals surface area contributed by atoms with Crippen LogP contribution in [-0.2, 0) is 0 Å². The SMILES string of the molecule is Cc1oc2ccc(F)cc2c1C(=O)N1CCN(C(=O)c2ncn(-c3ccccc3)n2)C(C)(C)C1. The molecule has 0 N–H and O–H groups in total. The molecule has 5 rings (SSSR count). The number of aryl methyl sites for hydroxylation is 1. The van der Waals surface area contributed by atoms with Gasteiger partial charge in [-0.2, -0.15) is 0 Å². The quantitative estimate of drug-likeness (QED) is 0.463. The summed E-state index contributed by atoms with van der Waals surface area (Å²) in [6.07, 6.45) is 1.52. The maximum atomic E-state index is 13.8. The lowest BCUT2D eigenvalue weighted by atomic mass is 9.97. The minimum absolute atomic E-state index is 0.101. The second kappa shape index (κ2) is 8.09. The zero-order valence-corrected chi connectivity index (χ0v) is 19.2. The monoisotopic (exact) mass is 461 g/mol. The summed E-state index contributed by atoms with van der Waals surface area (Å²) < 4.78 is 21.1. The van der Waals surface area contributed by atoms with Crippen LogP contribution in [-0.4, -0.2) is 61.6 Å². The highest BCUT2D eigenvalue weighted by Gasteiger charge is 2.40. The highest BCUT2D eigenvalue weighted by molar-refractivity contribution is 6.07. The molecule has 0 aliphatic carbocycles. The van der Waals surface area contributed by atoms with Crippen molar-refractivity contribution >= 4 is 22.8 Å². The summed E-state index contributed by atoms with van der Waals surface area (Å²) in [6, 6.07) is 13.6. The van der Waals surface area contributed by atoms with Crippen LogP contribution < -0.4 is 0 Å². The van der Waals surface area contributed by atoms with Crippen molar-refractivity contribution < 1.29 is 18.4 Å². The number of para-hydroxylation sites is 1. The van der Waals surface area contributed by atoms with Crippen LogP contribution in [0.15, 0.2) is 59.3 Å². The number of nitrogens with zero attached hydrogens (tertiary/aromatic N) is 5. The van der Waals surface area contributed by atoms with Crippen LogP contribution in [0.4, 0.5) is 4.39 Å². The van der Waals surface area contributed by atoms with E-state index >= 15 is 0 Å². The van der Waals surface area contributed by atoms with Crippen molar-refractivity contribution in [2.45, 2.75) is 26.3 Å². The van der Waals surface area contributed by atoms with E-state index in [2.05, 4.69) is 10.1 Å². The Balaban J connectivity index is 1.36. The van der Waals surface area contributed by atoms with Gasteiger partial charge in [0.1, 0.15) is 23.5 Å². The van der Waals surface area contributed by atoms with Crippen molar-refractivity contribution in [2.24, 2.45) is 0 Å². The van der Waals surface area contributed by atoms with Crippen molar-refractivity contribution in [3.8, 4) is 5.69 Å². The second-order valence-corrected chi connectivity index (χ2v) is 9.02. The molecule has 0 bridgehead atoms. The number of rotatable bonds is 3. The molecule has 2 aromatic carbocycles. The number of fused-ring (bicyclic) bond motifs is 1. The molecule has 0 atom stereocenters. The lowest BCUT2D eigenvalue weighted by Gasteiger charge is -2.46. The van der Waals surface area contributed by atoms with Gasteiger partial charge in [-0.3, -0.25) is 9.59 Å². The molecular weight excluding hydrogens is 437 g/mol. The molecule has 1 saturated heterocycles. The Kier molecular flexibility index (Phi) is 5.19. The van der Waals surface area contributed by atoms with Crippen LogP contribution >= 0.6 is 0 Å². The van der Waals surface area contributed by atoms with E-state index in [4.69, 9.17) is 4.42 Å². The highest BCUT2D eigenvalue weighted by Crippen LogP contribution is 2.30. The Bertz CT molecular complexity index is 1390. The molecule has 4 aromatic rings. The Hall–Kier alpha value is -4.01. The van der Waals surface area contributed by atoms with Crippen molar-refractivity contribution in [1.29, 1.82) is 0 Å². The number of piperazine rings is 1. The molecule has 1 aliphatic heterocycles. The van der Waals surface area contributed by atoms with Gasteiger partial charge in [0.2, 0.25) is 5.82 Å². The summed E-state index contributed by atoms with van der Waals surface area (Å²) in [4.78, 5) is 34.3. The summed E-state index contributed by atoms with van der Waals surface area (Å²) in [7, 11) is 0. The Labute approximate surface area is 195 Å². The van der Waals surface area contributed by atoms with Crippen LogP contribution in [0.3, 0.4) is 0 Å². The Morgan fingerprint density at radius 3 is 2.56 bits per heavy atom. The first-order chi connectivity index (χ1) is 16.2. The summed E-state index contributed by atoms with van der Waals surface area (Å²) in [5.74, 6) is -0.422. The second-order valence-electron chi connectivity index (χ2n) is 9.02. The minimum Gasteiger partial charge on any atom is -0.461 e. The predicted molar refractivity (Wildman–Crippen MR) is 123 cm³/mol. The number of halogens is 1. The molecule has 0 unspecified atom stereocenters. The van der Waals surface area contributed by atoms with Crippen LogP contribution in [0.5, 0.6) is 0 Å². The predicted octanol–water partition coefficient (Wildman–Crippen LogP) is 3.84. The summed E-state index contributed by atoms with van der Waals surface area (Å²) in [5, 5.41) is 4.81. The van der Waals surface area contributed by atoms with Gasteiger partial charge < -0.3 is 14.2 Å². The zero-order chi connectivity index (χ0) is 24.0. The van der Waals surface area contributed by atoms with Crippen LogP contribution in [0.2, 0.25) is 0 Å². The van der Waals surface area contributed by atoms with Gasteiger partial charge >= 0.3 is 0 Å². The van der Waals surface area contributed by atoms with Gasteiger partial charge in [0, 0.05) is 25.0 Å². The summed E-state index contributed by atoms with van der Waals surface area (Å²) in [6.45, 7) is 6.45. The molecule has 9 heteroatoms. The van der Waals surface area contributed by atoms with E-state index in [0.717, 1.165) is 5.69 Å². The van der Waals surface area contributed by atoms with E-state index in [9.17, 15) is 14.0 Å². The molecule has 2 amide bonds. The van der Waals surface area contributed by atoms with Gasteiger partial charge in [-0.1, -0.05) is 18.2 Å². The molecule has 174 valence electrons. The maximum Gasteiger partial charge on any atom is 0.294 e. The zero-order valence-electron chi connectivity index (χ0n) is 19.2. The van der Waals surface area contributed by atoms with E-state index in [1.165, 1.54) is 24.5 Å². The summed E-state index contributed by atoms with van der Waals surface area (Å²) >= 11 is 0. The molecule has 0 radical (unpaired) electrons. The van der Waals surface area contributed by atoms with Crippen molar-refractivity contribution in [2.75, 3.05) is 19.6 Å². The molecular formula is C25H24FN5O3. The number of aromatic nitrogens is 3. The van der Waals surface area contributed by atoms with Gasteiger partial charge in [-0.15, -0.1) is 5.10 Å². The third-order valence-electron chi connectivity index (χ3n) is 6.18. The number of furan rings is 1. The number of amides is 2. The fourth-order valence-corrected chi connectivity index (χ4v) is 4.51. The van der Waals surface area contributed by atoms with E-state index in [1.807, 2.05) is 44.2 Å². The lowest BCUT2D eigenvalue weighted by molar-refractivity contribution is 0.0160. The van der Waals surface area contributed by atoms with Crippen molar-refractivity contribution in [1.82, 2.24) is 24.6 Å². The average Bonchev–Trinajstić information content (AvgIpc) is 3.42. The van der Waals surface area contributed by atoms with E-state index in [-0.39, 0.29) is 17.6 Å². The smallest absolute Gasteiger partial charge is 0.294 e. The normalized spacial score (nSPS) is 15.6. The fraction of sp³-hybridized carbons (Fsp3) is 0.280. The highest BCUT2D eigenvalue weighted by atomic mass is 19.1. The van der Waals surface area contributed by atoms with Gasteiger partial charge in [-0.25, -0.2) is 14.1 Å². The third-order valence-corrected chi connectivity index (χ3v) is 6.18. The standard InChI is InChI=1S/C25H24FN5O3/c1-16-21(19-13-17(26)9-10-20(19)34-16)23(32)29-11-12-30(25(2,3)14-29)24(33)22-27-15-31(28-22)18-7-5-4-6-8-18/h4-10,13,15H,11-12,14H2,1-3H3. The van der Waals surface area contributed by atoms with Crippen molar-refractivity contribution in [3.63, 3.8) is 0 Å². The van der Waals surface area contributed by atoms with Crippen molar-refractivity contribution in [3.05, 3.63) is 77.8 Å². The van der Waals surface area contributed by atoms with Gasteiger partial charge in [-0.05, 0) is 51.1 Å². The lowest BCUT2D eigenvalue weighted by Crippen LogP contribution is -2.62. The largest absolute Gasteiger partial charge is 0.461 e. The average molecular weight is 461 g/mol. The topological polar surface area (TPSA) is 84.5 Å². The maximum absolute atomic E-state index is 13.8. The number of benzene rings is 2. The molecule has 1 aliphatic rings. The number of carbonyl (C=O) groups excluding carboxylic acids is 2. The summed E-state index contributed by atoms with van der Waals surface area (Å²) in [5.41, 5.74) is 0.966. The Morgan fingerprint density at radius 1 is 1.06 bits per heavy atom. The first kappa shape index (κ1) is 21.8. The first-order valence-electron chi connectivity index (χ1n) is 11.0.